The van der Waals surface area contributed by atoms with Gasteiger partial charge in [-0.3, -0.25) is 4.79 Å². The highest BCUT2D eigenvalue weighted by atomic mass is 16.5. The van der Waals surface area contributed by atoms with Crippen molar-refractivity contribution in [1.82, 2.24) is 0 Å². The number of rotatable bonds is 11. The van der Waals surface area contributed by atoms with Gasteiger partial charge in [0.05, 0.1) is 25.7 Å². The summed E-state index contributed by atoms with van der Waals surface area (Å²) in [5.74, 6) is 4.54. The number of unbranched alkanes of at least 4 members (excludes halogenated alkanes) is 3. The zero-order chi connectivity index (χ0) is 21.1. The molecule has 0 radical (unpaired) electrons. The molecule has 2 aromatic rings. The fraction of sp³-hybridized carbons (Fsp3) is 0.519. The second-order valence-corrected chi connectivity index (χ2v) is 9.68. The van der Waals surface area contributed by atoms with Gasteiger partial charge in [-0.25, -0.2) is 0 Å². The van der Waals surface area contributed by atoms with Gasteiger partial charge in [0.2, 0.25) is 0 Å². The van der Waals surface area contributed by atoms with Crippen molar-refractivity contribution in [2.24, 2.45) is 29.1 Å². The second kappa shape index (κ2) is 7.01. The first-order valence-electron chi connectivity index (χ1n) is 11.8. The summed E-state index contributed by atoms with van der Waals surface area (Å²) < 4.78 is 16.8. The summed E-state index contributed by atoms with van der Waals surface area (Å²) in [6.07, 6.45) is 5.34. The molecule has 5 aliphatic carbocycles. The Morgan fingerprint density at radius 2 is 1.58 bits per heavy atom. The van der Waals surface area contributed by atoms with Gasteiger partial charge >= 0.3 is 5.97 Å². The molecule has 2 bridgehead atoms. The number of ether oxygens (including phenoxy) is 3. The molecule has 0 N–H and O–H groups in total. The van der Waals surface area contributed by atoms with E-state index in [1.165, 1.54) is 12.0 Å². The van der Waals surface area contributed by atoms with E-state index in [1.54, 1.807) is 7.11 Å². The lowest BCUT2D eigenvalue weighted by molar-refractivity contribution is -0.155. The van der Waals surface area contributed by atoms with Gasteiger partial charge in [-0.2, -0.15) is 0 Å². The van der Waals surface area contributed by atoms with E-state index < -0.39 is 0 Å². The lowest BCUT2D eigenvalue weighted by Gasteiger charge is -2.35. The van der Waals surface area contributed by atoms with E-state index in [9.17, 15) is 4.79 Å². The number of benzene rings is 2. The molecule has 6 atom stereocenters. The Hall–Kier alpha value is -2.49. The van der Waals surface area contributed by atoms with E-state index in [1.807, 2.05) is 24.3 Å². The van der Waals surface area contributed by atoms with Crippen LogP contribution in [0.2, 0.25) is 0 Å². The zero-order valence-electron chi connectivity index (χ0n) is 18.1. The Balaban J connectivity index is 0.921. The number of methoxy groups -OCH3 is 1. The van der Waals surface area contributed by atoms with Crippen molar-refractivity contribution in [3.05, 3.63) is 60.2 Å². The number of carbonyl (C=O) groups is 1. The molecule has 4 nitrogen and oxygen atoms in total. The number of hydrogen-bond donors (Lipinski definition) is 0. The lowest BCUT2D eigenvalue weighted by atomic mass is 9.68. The monoisotopic (exact) mass is 418 g/mol. The quantitative estimate of drug-likeness (QED) is 0.380. The Kier molecular flexibility index (Phi) is 4.35. The number of hydrogen-bond acceptors (Lipinski definition) is 4. The maximum atomic E-state index is 13.1. The number of carbonyl (C=O) groups excluding carboxylic acids is 1. The van der Waals surface area contributed by atoms with Crippen LogP contribution in [-0.4, -0.2) is 26.3 Å². The van der Waals surface area contributed by atoms with Gasteiger partial charge in [0.25, 0.3) is 0 Å². The Labute approximate surface area is 183 Å². The zero-order valence-corrected chi connectivity index (χ0v) is 18.1. The van der Waals surface area contributed by atoms with Gasteiger partial charge in [0, 0.05) is 5.41 Å². The summed E-state index contributed by atoms with van der Waals surface area (Å²) in [6, 6.07) is 18.4. The molecule has 0 aromatic heterocycles. The van der Waals surface area contributed by atoms with E-state index in [0.717, 1.165) is 49.0 Å². The van der Waals surface area contributed by atoms with Crippen LogP contribution in [0.25, 0.3) is 0 Å². The van der Waals surface area contributed by atoms with Gasteiger partial charge in [-0.05, 0) is 85.6 Å². The van der Waals surface area contributed by atoms with Gasteiger partial charge in [-0.15, -0.1) is 0 Å². The first-order chi connectivity index (χ1) is 15.3. The molecule has 7 rings (SSSR count). The molecule has 5 aliphatic rings. The van der Waals surface area contributed by atoms with E-state index in [4.69, 9.17) is 14.2 Å². The van der Waals surface area contributed by atoms with Crippen LogP contribution in [0, 0.1) is 29.1 Å². The summed E-state index contributed by atoms with van der Waals surface area (Å²) in [5, 5.41) is 0. The van der Waals surface area contributed by atoms with Crippen LogP contribution in [0.3, 0.4) is 0 Å². The molecule has 0 spiro atoms. The highest BCUT2D eigenvalue weighted by Gasteiger charge is 3.07. The predicted molar refractivity (Wildman–Crippen MR) is 117 cm³/mol. The smallest absolute Gasteiger partial charge is 0.313 e. The molecule has 5 saturated carbocycles. The maximum absolute atomic E-state index is 13.1. The van der Waals surface area contributed by atoms with Crippen LogP contribution in [0.5, 0.6) is 11.5 Å². The summed E-state index contributed by atoms with van der Waals surface area (Å²) in [5.41, 5.74) is 1.37. The van der Waals surface area contributed by atoms with E-state index in [2.05, 4.69) is 30.3 Å². The molecular formula is C27H30O4. The van der Waals surface area contributed by atoms with Crippen molar-refractivity contribution >= 4 is 5.97 Å². The third-order valence-electron chi connectivity index (χ3n) is 8.64. The van der Waals surface area contributed by atoms with E-state index in [0.29, 0.717) is 25.0 Å². The van der Waals surface area contributed by atoms with Crippen LogP contribution < -0.4 is 9.47 Å². The average Bonchev–Trinajstić information content (AvgIpc) is 3.46. The van der Waals surface area contributed by atoms with Crippen molar-refractivity contribution in [1.29, 1.82) is 0 Å². The molecule has 2 aromatic carbocycles. The van der Waals surface area contributed by atoms with Gasteiger partial charge in [0.15, 0.2) is 0 Å². The minimum atomic E-state index is -0.157. The largest absolute Gasteiger partial charge is 0.497 e. The fourth-order valence-corrected chi connectivity index (χ4v) is 7.57. The lowest BCUT2D eigenvalue weighted by Crippen LogP contribution is -2.42. The van der Waals surface area contributed by atoms with Gasteiger partial charge in [0.1, 0.15) is 11.5 Å². The Morgan fingerprint density at radius 3 is 2.26 bits per heavy atom. The second-order valence-electron chi connectivity index (χ2n) is 9.68. The molecule has 0 amide bonds. The third kappa shape index (κ3) is 2.45. The van der Waals surface area contributed by atoms with Crippen LogP contribution in [-0.2, 0) is 14.9 Å². The topological polar surface area (TPSA) is 44.8 Å². The van der Waals surface area contributed by atoms with Crippen molar-refractivity contribution in [3.8, 4) is 11.5 Å². The van der Waals surface area contributed by atoms with Crippen molar-refractivity contribution in [3.63, 3.8) is 0 Å². The highest BCUT2D eigenvalue weighted by molar-refractivity contribution is 5.92. The Bertz CT molecular complexity index is 958. The third-order valence-corrected chi connectivity index (χ3v) is 8.64. The minimum absolute atomic E-state index is 0.102. The van der Waals surface area contributed by atoms with Crippen molar-refractivity contribution < 1.29 is 19.0 Å². The molecule has 5 fully saturated rings. The molecule has 0 aliphatic heterocycles. The summed E-state index contributed by atoms with van der Waals surface area (Å²) >= 11 is 0. The fourth-order valence-electron chi connectivity index (χ4n) is 7.57. The maximum Gasteiger partial charge on any atom is 0.313 e. The molecule has 6 unspecified atom stereocenters. The van der Waals surface area contributed by atoms with Crippen LogP contribution in [0.1, 0.15) is 37.7 Å². The van der Waals surface area contributed by atoms with Crippen molar-refractivity contribution in [2.75, 3.05) is 20.3 Å². The highest BCUT2D eigenvalue weighted by Crippen LogP contribution is 3.04. The summed E-state index contributed by atoms with van der Waals surface area (Å²) in [6.45, 7) is 1.26. The average molecular weight is 419 g/mol. The molecule has 0 heterocycles. The summed E-state index contributed by atoms with van der Waals surface area (Å²) in [4.78, 5) is 13.1. The first-order valence-corrected chi connectivity index (χ1v) is 11.8. The van der Waals surface area contributed by atoms with Gasteiger partial charge in [-0.1, -0.05) is 30.3 Å². The van der Waals surface area contributed by atoms with E-state index in [-0.39, 0.29) is 16.8 Å². The predicted octanol–water partition coefficient (Wildman–Crippen LogP) is 5.01. The van der Waals surface area contributed by atoms with Crippen LogP contribution in [0.15, 0.2) is 54.6 Å². The van der Waals surface area contributed by atoms with Crippen LogP contribution >= 0.6 is 0 Å². The first kappa shape index (κ1) is 19.2. The normalized spacial score (nSPS) is 35.0. The van der Waals surface area contributed by atoms with Crippen LogP contribution in [0.4, 0.5) is 0 Å². The molecule has 0 saturated heterocycles. The Morgan fingerprint density at radius 1 is 0.871 bits per heavy atom. The molecule has 4 heteroatoms. The van der Waals surface area contributed by atoms with E-state index >= 15 is 0 Å². The minimum Gasteiger partial charge on any atom is -0.497 e. The SMILES string of the molecule is COc1ccc(OCCCCCCOC(=O)C23C4CC5C(C42)C53c2ccccc2)cc1. The molecule has 162 valence electrons. The number of esters is 1. The summed E-state index contributed by atoms with van der Waals surface area (Å²) in [7, 11) is 1.66. The van der Waals surface area contributed by atoms with Crippen molar-refractivity contribution in [2.45, 2.75) is 37.5 Å². The molecule has 31 heavy (non-hydrogen) atoms. The van der Waals surface area contributed by atoms with Gasteiger partial charge < -0.3 is 14.2 Å². The molecular weight excluding hydrogens is 388 g/mol. The standard InChI is InChI=1S/C27H30O4/c1-29-19-11-13-20(14-12-19)30-15-7-2-3-8-16-31-25(28)27-22-17-21-23(24(22)27)26(21,27)18-9-5-4-6-10-18/h4-6,9-14,21-24H,2-3,7-8,15-17H2,1H3.